The van der Waals surface area contributed by atoms with Crippen LogP contribution in [0.5, 0.6) is 0 Å². The summed E-state index contributed by atoms with van der Waals surface area (Å²) in [6, 6.07) is 0.379. The molecule has 3 heteroatoms. The quantitative estimate of drug-likeness (QED) is 0.613. The van der Waals surface area contributed by atoms with Crippen LogP contribution < -0.4 is 5.32 Å². The van der Waals surface area contributed by atoms with Gasteiger partial charge in [-0.3, -0.25) is 0 Å². The van der Waals surface area contributed by atoms with E-state index >= 15 is 0 Å². The van der Waals surface area contributed by atoms with Gasteiger partial charge in [-0.15, -0.1) is 0 Å². The van der Waals surface area contributed by atoms with Gasteiger partial charge in [0, 0.05) is 19.2 Å². The second-order valence-corrected chi connectivity index (χ2v) is 3.02. The van der Waals surface area contributed by atoms with E-state index in [0.29, 0.717) is 18.7 Å². The van der Waals surface area contributed by atoms with E-state index in [1.54, 1.807) is 0 Å². The number of aliphatic hydroxyl groups is 1. The number of hydrogen-bond acceptors (Lipinski definition) is 3. The van der Waals surface area contributed by atoms with E-state index in [2.05, 4.69) is 12.2 Å². The van der Waals surface area contributed by atoms with Gasteiger partial charge in [0.15, 0.2) is 0 Å². The Morgan fingerprint density at radius 3 is 3.09 bits per heavy atom. The van der Waals surface area contributed by atoms with Crippen LogP contribution in [0, 0.1) is 0 Å². The highest BCUT2D eigenvalue weighted by Gasteiger charge is 2.21. The lowest BCUT2D eigenvalue weighted by Crippen LogP contribution is -2.38. The van der Waals surface area contributed by atoms with Gasteiger partial charge in [0.2, 0.25) is 0 Å². The van der Waals surface area contributed by atoms with Gasteiger partial charge in [0.25, 0.3) is 0 Å². The zero-order valence-electron chi connectivity index (χ0n) is 7.05. The van der Waals surface area contributed by atoms with E-state index in [4.69, 9.17) is 9.84 Å². The van der Waals surface area contributed by atoms with Crippen molar-refractivity contribution in [2.24, 2.45) is 0 Å². The smallest absolute Gasteiger partial charge is 0.0726 e. The molecule has 66 valence electrons. The summed E-state index contributed by atoms with van der Waals surface area (Å²) in [6.45, 7) is 3.87. The Balaban J connectivity index is 2.12. The Kier molecular flexibility index (Phi) is 3.83. The van der Waals surface area contributed by atoms with Crippen LogP contribution in [0.25, 0.3) is 0 Å². The Bertz CT molecular complexity index is 102. The molecule has 0 saturated carbocycles. The van der Waals surface area contributed by atoms with Crippen LogP contribution in [-0.4, -0.2) is 37.0 Å². The molecule has 1 saturated heterocycles. The second kappa shape index (κ2) is 4.70. The molecule has 1 aliphatic heterocycles. The van der Waals surface area contributed by atoms with Crippen LogP contribution >= 0.6 is 0 Å². The van der Waals surface area contributed by atoms with Crippen LogP contribution in [-0.2, 0) is 4.74 Å². The number of rotatable bonds is 4. The highest BCUT2D eigenvalue weighted by Crippen LogP contribution is 2.14. The fourth-order valence-electron chi connectivity index (χ4n) is 1.42. The van der Waals surface area contributed by atoms with Gasteiger partial charge >= 0.3 is 0 Å². The molecule has 0 spiro atoms. The first kappa shape index (κ1) is 8.97. The predicted molar refractivity (Wildman–Crippen MR) is 43.5 cm³/mol. The molecule has 0 aromatic rings. The normalized spacial score (nSPS) is 27.3. The lowest BCUT2D eigenvalue weighted by atomic mass is 10.1. The predicted octanol–water partition coefficient (Wildman–Crippen LogP) is 0.136. The van der Waals surface area contributed by atoms with E-state index in [-0.39, 0.29) is 6.61 Å². The first-order valence-corrected chi connectivity index (χ1v) is 4.30. The van der Waals surface area contributed by atoms with Crippen molar-refractivity contribution >= 4 is 0 Å². The summed E-state index contributed by atoms with van der Waals surface area (Å²) < 4.78 is 5.47. The summed E-state index contributed by atoms with van der Waals surface area (Å²) in [5.41, 5.74) is 0. The summed E-state index contributed by atoms with van der Waals surface area (Å²) in [5, 5.41) is 11.8. The molecule has 1 fully saturated rings. The number of aliphatic hydroxyl groups excluding tert-OH is 1. The van der Waals surface area contributed by atoms with Crippen LogP contribution in [0.2, 0.25) is 0 Å². The molecule has 3 nitrogen and oxygen atoms in total. The van der Waals surface area contributed by atoms with E-state index in [1.165, 1.54) is 6.42 Å². The fourth-order valence-corrected chi connectivity index (χ4v) is 1.42. The Labute approximate surface area is 67.7 Å². The minimum absolute atomic E-state index is 0.205. The zero-order valence-corrected chi connectivity index (χ0v) is 7.05. The van der Waals surface area contributed by atoms with Gasteiger partial charge in [-0.1, -0.05) is 0 Å². The molecule has 1 heterocycles. The molecule has 1 rings (SSSR count). The summed E-state index contributed by atoms with van der Waals surface area (Å²) in [4.78, 5) is 0. The molecule has 2 unspecified atom stereocenters. The average molecular weight is 159 g/mol. The maximum Gasteiger partial charge on any atom is 0.0726 e. The Morgan fingerprint density at radius 1 is 1.73 bits per heavy atom. The summed E-state index contributed by atoms with van der Waals surface area (Å²) in [5.74, 6) is 0. The molecular formula is C8H17NO2. The van der Waals surface area contributed by atoms with Crippen LogP contribution in [0.1, 0.15) is 19.8 Å². The molecule has 0 aromatic carbocycles. The van der Waals surface area contributed by atoms with Gasteiger partial charge in [-0.2, -0.15) is 0 Å². The fraction of sp³-hybridized carbons (Fsp3) is 1.00. The van der Waals surface area contributed by atoms with Crippen molar-refractivity contribution in [3.8, 4) is 0 Å². The SMILES string of the molecule is CC(NCCO)C1CCCO1. The van der Waals surface area contributed by atoms with Crippen molar-refractivity contribution in [3.63, 3.8) is 0 Å². The van der Waals surface area contributed by atoms with E-state index in [9.17, 15) is 0 Å². The van der Waals surface area contributed by atoms with Crippen molar-refractivity contribution < 1.29 is 9.84 Å². The van der Waals surface area contributed by atoms with Crippen molar-refractivity contribution in [2.45, 2.75) is 31.9 Å². The molecule has 2 N–H and O–H groups in total. The van der Waals surface area contributed by atoms with E-state index < -0.39 is 0 Å². The van der Waals surface area contributed by atoms with Crippen molar-refractivity contribution in [3.05, 3.63) is 0 Å². The molecule has 11 heavy (non-hydrogen) atoms. The topological polar surface area (TPSA) is 41.5 Å². The van der Waals surface area contributed by atoms with Gasteiger partial charge in [0.1, 0.15) is 0 Å². The highest BCUT2D eigenvalue weighted by molar-refractivity contribution is 4.76. The molecule has 0 bridgehead atoms. The first-order chi connectivity index (χ1) is 5.34. The standard InChI is InChI=1S/C8H17NO2/c1-7(9-4-5-10)8-3-2-6-11-8/h7-10H,2-6H2,1H3. The molecule has 0 radical (unpaired) electrons. The first-order valence-electron chi connectivity index (χ1n) is 4.30. The van der Waals surface area contributed by atoms with Gasteiger partial charge < -0.3 is 15.2 Å². The van der Waals surface area contributed by atoms with Gasteiger partial charge in [0.05, 0.1) is 12.7 Å². The third-order valence-electron chi connectivity index (χ3n) is 2.10. The largest absolute Gasteiger partial charge is 0.395 e. The van der Waals surface area contributed by atoms with Gasteiger partial charge in [-0.05, 0) is 19.8 Å². The number of ether oxygens (including phenoxy) is 1. The zero-order chi connectivity index (χ0) is 8.10. The number of hydrogen-bond donors (Lipinski definition) is 2. The summed E-state index contributed by atoms with van der Waals surface area (Å²) in [7, 11) is 0. The second-order valence-electron chi connectivity index (χ2n) is 3.02. The third-order valence-corrected chi connectivity index (χ3v) is 2.10. The maximum atomic E-state index is 8.55. The molecular weight excluding hydrogens is 142 g/mol. The Morgan fingerprint density at radius 2 is 2.55 bits per heavy atom. The van der Waals surface area contributed by atoms with Crippen molar-refractivity contribution in [1.29, 1.82) is 0 Å². The van der Waals surface area contributed by atoms with E-state index in [1.807, 2.05) is 0 Å². The summed E-state index contributed by atoms with van der Waals surface area (Å²) in [6.07, 6.45) is 2.69. The molecule has 0 aromatic heterocycles. The average Bonchev–Trinajstić information content (AvgIpc) is 2.52. The minimum atomic E-state index is 0.205. The third kappa shape index (κ3) is 2.77. The lowest BCUT2D eigenvalue weighted by Gasteiger charge is -2.19. The van der Waals surface area contributed by atoms with Crippen molar-refractivity contribution in [1.82, 2.24) is 5.32 Å². The molecule has 2 atom stereocenters. The maximum absolute atomic E-state index is 8.55. The van der Waals surface area contributed by atoms with Gasteiger partial charge in [-0.25, -0.2) is 0 Å². The van der Waals surface area contributed by atoms with Crippen molar-refractivity contribution in [2.75, 3.05) is 19.8 Å². The molecule has 0 aliphatic carbocycles. The molecule has 1 aliphatic rings. The van der Waals surface area contributed by atoms with Crippen LogP contribution in [0.4, 0.5) is 0 Å². The minimum Gasteiger partial charge on any atom is -0.395 e. The van der Waals surface area contributed by atoms with Crippen LogP contribution in [0.15, 0.2) is 0 Å². The number of nitrogens with one attached hydrogen (secondary N) is 1. The summed E-state index contributed by atoms with van der Waals surface area (Å²) >= 11 is 0. The van der Waals surface area contributed by atoms with E-state index in [0.717, 1.165) is 13.0 Å². The molecule has 0 amide bonds. The Hall–Kier alpha value is -0.120. The van der Waals surface area contributed by atoms with Crippen LogP contribution in [0.3, 0.4) is 0 Å². The monoisotopic (exact) mass is 159 g/mol. The lowest BCUT2D eigenvalue weighted by molar-refractivity contribution is 0.0820. The highest BCUT2D eigenvalue weighted by atomic mass is 16.5.